The van der Waals surface area contributed by atoms with Crippen molar-refractivity contribution in [3.63, 3.8) is 0 Å². The highest BCUT2D eigenvalue weighted by Gasteiger charge is 2.41. The van der Waals surface area contributed by atoms with Crippen LogP contribution < -0.4 is 16.6 Å². The molecule has 4 rings (SSSR count). The SMILES string of the molecule is CCCCn1c2c(c(=O)[nH]c1=O)[C@H](c1ccc(Cl)cc1)C1=C(COC1=O)N2. The molecule has 2 N–H and O–H groups in total. The van der Waals surface area contributed by atoms with Gasteiger partial charge in [-0.25, -0.2) is 9.59 Å². The van der Waals surface area contributed by atoms with Gasteiger partial charge in [-0.05, 0) is 24.1 Å². The second-order valence-electron chi connectivity index (χ2n) is 6.60. The summed E-state index contributed by atoms with van der Waals surface area (Å²) in [6.45, 7) is 2.58. The number of ether oxygens (including phenoxy) is 1. The molecule has 3 heterocycles. The molecule has 0 saturated carbocycles. The zero-order chi connectivity index (χ0) is 19.1. The predicted octanol–water partition coefficient (Wildman–Crippen LogP) is 2.36. The number of esters is 1. The molecular formula is C19H18ClN3O4. The molecule has 2 aromatic rings. The second kappa shape index (κ2) is 6.74. The number of aromatic amines is 1. The van der Waals surface area contributed by atoms with E-state index in [-0.39, 0.29) is 6.61 Å². The molecule has 0 amide bonds. The standard InChI is InChI=1S/C19H18ClN3O4/c1-2-3-8-23-16-15(17(24)22-19(23)26)13(10-4-6-11(20)7-5-10)14-12(21-16)9-27-18(14)25/h4-7,13,21H,2-3,8-9H2,1H3,(H,22,24,26)/t13-/m1/s1. The molecule has 0 fully saturated rings. The Labute approximate surface area is 159 Å². The van der Waals surface area contributed by atoms with Gasteiger partial charge >= 0.3 is 11.7 Å². The smallest absolute Gasteiger partial charge is 0.337 e. The van der Waals surface area contributed by atoms with Gasteiger partial charge in [-0.15, -0.1) is 0 Å². The summed E-state index contributed by atoms with van der Waals surface area (Å²) in [5.74, 6) is -0.663. The number of nitrogens with one attached hydrogen (secondary N) is 2. The number of fused-ring (bicyclic) bond motifs is 1. The summed E-state index contributed by atoms with van der Waals surface area (Å²) >= 11 is 6.00. The van der Waals surface area contributed by atoms with Crippen molar-refractivity contribution in [2.24, 2.45) is 0 Å². The average molecular weight is 388 g/mol. The predicted molar refractivity (Wildman–Crippen MR) is 101 cm³/mol. The number of carbonyl (C=O) groups excluding carboxylic acids is 1. The van der Waals surface area contributed by atoms with Crippen LogP contribution in [0.1, 0.15) is 36.8 Å². The Hall–Kier alpha value is -2.80. The molecule has 27 heavy (non-hydrogen) atoms. The third-order valence-electron chi connectivity index (χ3n) is 4.91. The van der Waals surface area contributed by atoms with E-state index in [9.17, 15) is 14.4 Å². The fraction of sp³-hybridized carbons (Fsp3) is 0.316. The van der Waals surface area contributed by atoms with Gasteiger partial charge in [0.15, 0.2) is 0 Å². The highest BCUT2D eigenvalue weighted by Crippen LogP contribution is 2.42. The zero-order valence-corrected chi connectivity index (χ0v) is 15.4. The van der Waals surface area contributed by atoms with Gasteiger partial charge in [-0.3, -0.25) is 14.3 Å². The number of nitrogens with zero attached hydrogens (tertiary/aromatic N) is 1. The third-order valence-corrected chi connectivity index (χ3v) is 5.17. The number of halogens is 1. The fourth-order valence-electron chi connectivity index (χ4n) is 3.61. The maximum absolute atomic E-state index is 12.7. The van der Waals surface area contributed by atoms with E-state index in [1.807, 2.05) is 6.92 Å². The molecule has 2 aliphatic heterocycles. The quantitative estimate of drug-likeness (QED) is 0.785. The Bertz CT molecular complexity index is 1070. The lowest BCUT2D eigenvalue weighted by Crippen LogP contribution is -2.38. The lowest BCUT2D eigenvalue weighted by molar-refractivity contribution is -0.136. The maximum Gasteiger partial charge on any atom is 0.337 e. The Morgan fingerprint density at radius 2 is 1.96 bits per heavy atom. The Morgan fingerprint density at radius 1 is 1.22 bits per heavy atom. The van der Waals surface area contributed by atoms with Crippen LogP contribution in [0.2, 0.25) is 5.02 Å². The molecule has 1 aromatic heterocycles. The van der Waals surface area contributed by atoms with Gasteiger partial charge in [0.1, 0.15) is 12.4 Å². The zero-order valence-electron chi connectivity index (χ0n) is 14.7. The average Bonchev–Trinajstić information content (AvgIpc) is 3.01. The molecule has 140 valence electrons. The van der Waals surface area contributed by atoms with E-state index in [1.165, 1.54) is 4.57 Å². The molecular weight excluding hydrogens is 370 g/mol. The first kappa shape index (κ1) is 17.6. The van der Waals surface area contributed by atoms with Crippen LogP contribution in [0.5, 0.6) is 0 Å². The first-order valence-electron chi connectivity index (χ1n) is 8.81. The fourth-order valence-corrected chi connectivity index (χ4v) is 3.73. The van der Waals surface area contributed by atoms with E-state index in [1.54, 1.807) is 24.3 Å². The van der Waals surface area contributed by atoms with Crippen molar-refractivity contribution in [2.75, 3.05) is 11.9 Å². The van der Waals surface area contributed by atoms with Gasteiger partial charge in [0.25, 0.3) is 5.56 Å². The van der Waals surface area contributed by atoms with Crippen LogP contribution in [0.3, 0.4) is 0 Å². The summed E-state index contributed by atoms with van der Waals surface area (Å²) in [5.41, 5.74) is 1.08. The molecule has 1 aromatic carbocycles. The van der Waals surface area contributed by atoms with Crippen LogP contribution in [0.25, 0.3) is 0 Å². The van der Waals surface area contributed by atoms with Gasteiger partial charge in [-0.1, -0.05) is 37.1 Å². The first-order valence-corrected chi connectivity index (χ1v) is 9.18. The van der Waals surface area contributed by atoms with Crippen molar-refractivity contribution >= 4 is 23.4 Å². The van der Waals surface area contributed by atoms with Crippen LogP contribution in [0.4, 0.5) is 5.82 Å². The Balaban J connectivity index is 1.98. The molecule has 0 bridgehead atoms. The number of rotatable bonds is 4. The molecule has 1 atom stereocenters. The summed E-state index contributed by atoms with van der Waals surface area (Å²) in [4.78, 5) is 39.9. The molecule has 0 radical (unpaired) electrons. The van der Waals surface area contributed by atoms with Gasteiger partial charge in [0.05, 0.1) is 22.8 Å². The van der Waals surface area contributed by atoms with Gasteiger partial charge in [-0.2, -0.15) is 0 Å². The minimum Gasteiger partial charge on any atom is -0.456 e. The van der Waals surface area contributed by atoms with Crippen molar-refractivity contribution in [3.8, 4) is 0 Å². The number of benzene rings is 1. The molecule has 0 spiro atoms. The van der Waals surface area contributed by atoms with Crippen molar-refractivity contribution < 1.29 is 9.53 Å². The minimum absolute atomic E-state index is 0.0897. The Morgan fingerprint density at radius 3 is 2.67 bits per heavy atom. The number of cyclic esters (lactones) is 1. The Kier molecular flexibility index (Phi) is 4.39. The summed E-state index contributed by atoms with van der Waals surface area (Å²) in [6.07, 6.45) is 1.68. The molecule has 2 aliphatic rings. The van der Waals surface area contributed by atoms with E-state index < -0.39 is 23.1 Å². The number of hydrogen-bond acceptors (Lipinski definition) is 5. The van der Waals surface area contributed by atoms with E-state index >= 15 is 0 Å². The number of aromatic nitrogens is 2. The van der Waals surface area contributed by atoms with Crippen LogP contribution in [0, 0.1) is 0 Å². The normalized spacial score (nSPS) is 18.0. The van der Waals surface area contributed by atoms with Crippen LogP contribution in [-0.4, -0.2) is 22.1 Å². The molecule has 8 heteroatoms. The summed E-state index contributed by atoms with van der Waals surface area (Å²) in [7, 11) is 0. The van der Waals surface area contributed by atoms with E-state index in [0.717, 1.165) is 18.4 Å². The van der Waals surface area contributed by atoms with Crippen molar-refractivity contribution in [1.29, 1.82) is 0 Å². The van der Waals surface area contributed by atoms with E-state index in [0.29, 0.717) is 34.2 Å². The molecule has 0 aliphatic carbocycles. The molecule has 7 nitrogen and oxygen atoms in total. The van der Waals surface area contributed by atoms with Gasteiger partial charge in [0, 0.05) is 11.6 Å². The lowest BCUT2D eigenvalue weighted by atomic mass is 9.83. The number of anilines is 1. The van der Waals surface area contributed by atoms with Crippen molar-refractivity contribution in [2.45, 2.75) is 32.2 Å². The summed E-state index contributed by atoms with van der Waals surface area (Å²) in [5, 5.41) is 3.66. The number of unbranched alkanes of at least 4 members (excludes halogenated alkanes) is 1. The van der Waals surface area contributed by atoms with E-state index in [4.69, 9.17) is 16.3 Å². The van der Waals surface area contributed by atoms with Crippen LogP contribution in [0.15, 0.2) is 45.1 Å². The number of hydrogen-bond donors (Lipinski definition) is 2. The summed E-state index contributed by atoms with van der Waals surface area (Å²) < 4.78 is 6.72. The molecule has 0 saturated heterocycles. The second-order valence-corrected chi connectivity index (χ2v) is 7.04. The topological polar surface area (TPSA) is 93.2 Å². The van der Waals surface area contributed by atoms with Gasteiger partial charge < -0.3 is 10.1 Å². The minimum atomic E-state index is -0.624. The summed E-state index contributed by atoms with van der Waals surface area (Å²) in [6, 6.07) is 6.97. The van der Waals surface area contributed by atoms with Gasteiger partial charge in [0.2, 0.25) is 0 Å². The number of carbonyl (C=O) groups is 1. The monoisotopic (exact) mass is 387 g/mol. The van der Waals surface area contributed by atoms with Crippen LogP contribution in [-0.2, 0) is 16.1 Å². The number of H-pyrrole nitrogens is 1. The van der Waals surface area contributed by atoms with Crippen molar-refractivity contribution in [1.82, 2.24) is 9.55 Å². The highest BCUT2D eigenvalue weighted by molar-refractivity contribution is 6.30. The maximum atomic E-state index is 12.7. The largest absolute Gasteiger partial charge is 0.456 e. The first-order chi connectivity index (χ1) is 13.0. The van der Waals surface area contributed by atoms with Crippen LogP contribution >= 0.6 is 11.6 Å². The third kappa shape index (κ3) is 2.88. The molecule has 0 unspecified atom stereocenters. The highest BCUT2D eigenvalue weighted by atomic mass is 35.5. The lowest BCUT2D eigenvalue weighted by Gasteiger charge is -2.28. The van der Waals surface area contributed by atoms with E-state index in [2.05, 4.69) is 10.3 Å². The van der Waals surface area contributed by atoms with Crippen molar-refractivity contribution in [3.05, 3.63) is 72.5 Å².